The van der Waals surface area contributed by atoms with E-state index < -0.39 is 0 Å². The van der Waals surface area contributed by atoms with E-state index in [0.717, 1.165) is 30.9 Å². The van der Waals surface area contributed by atoms with Crippen LogP contribution in [0.2, 0.25) is 0 Å². The minimum Gasteiger partial charge on any atom is -0.374 e. The van der Waals surface area contributed by atoms with Crippen LogP contribution in [0.5, 0.6) is 0 Å². The lowest BCUT2D eigenvalue weighted by molar-refractivity contribution is 0.0996. The Kier molecular flexibility index (Phi) is 7.57. The number of nitrogens with one attached hydrogen (secondary N) is 1. The predicted molar refractivity (Wildman–Crippen MR) is 82.7 cm³/mol. The molecule has 19 heavy (non-hydrogen) atoms. The van der Waals surface area contributed by atoms with Crippen molar-refractivity contribution in [2.45, 2.75) is 59.6 Å². The molecule has 0 amide bonds. The molecule has 3 nitrogen and oxygen atoms in total. The summed E-state index contributed by atoms with van der Waals surface area (Å²) in [5, 5.41) is 4.62. The van der Waals surface area contributed by atoms with E-state index >= 15 is 0 Å². The van der Waals surface area contributed by atoms with Crippen LogP contribution >= 0.6 is 11.3 Å². The van der Waals surface area contributed by atoms with Crippen molar-refractivity contribution in [3.63, 3.8) is 0 Å². The topological polar surface area (TPSA) is 34.1 Å². The molecule has 1 heterocycles. The van der Waals surface area contributed by atoms with Crippen LogP contribution in [0, 0.1) is 5.92 Å². The van der Waals surface area contributed by atoms with Gasteiger partial charge in [-0.25, -0.2) is 4.98 Å². The first-order chi connectivity index (χ1) is 9.12. The Morgan fingerprint density at radius 3 is 2.58 bits per heavy atom. The van der Waals surface area contributed by atoms with E-state index in [2.05, 4.69) is 33.0 Å². The number of aromatic nitrogens is 1. The number of rotatable bonds is 9. The molecule has 0 saturated carbocycles. The SMILES string of the molecule is CCCNCc1sc(C(CC)OC)nc1CC(C)C. The van der Waals surface area contributed by atoms with E-state index in [1.165, 1.54) is 17.0 Å². The fourth-order valence-electron chi connectivity index (χ4n) is 2.05. The average Bonchev–Trinajstić information content (AvgIpc) is 2.73. The van der Waals surface area contributed by atoms with Gasteiger partial charge < -0.3 is 10.1 Å². The third kappa shape index (κ3) is 5.21. The predicted octanol–water partition coefficient (Wildman–Crippen LogP) is 3.94. The number of hydrogen-bond acceptors (Lipinski definition) is 4. The highest BCUT2D eigenvalue weighted by Crippen LogP contribution is 2.29. The van der Waals surface area contributed by atoms with E-state index in [-0.39, 0.29) is 6.10 Å². The molecular formula is C15H28N2OS. The van der Waals surface area contributed by atoms with Gasteiger partial charge in [0.2, 0.25) is 0 Å². The van der Waals surface area contributed by atoms with Gasteiger partial charge in [-0.05, 0) is 31.7 Å². The summed E-state index contributed by atoms with van der Waals surface area (Å²) in [5.41, 5.74) is 1.26. The Bertz CT molecular complexity index is 359. The molecule has 1 aromatic heterocycles. The smallest absolute Gasteiger partial charge is 0.122 e. The summed E-state index contributed by atoms with van der Waals surface area (Å²) < 4.78 is 5.51. The van der Waals surface area contributed by atoms with Crippen LogP contribution in [0.15, 0.2) is 0 Å². The quantitative estimate of drug-likeness (QED) is 0.697. The van der Waals surface area contributed by atoms with Gasteiger partial charge in [0.05, 0.1) is 5.69 Å². The minimum absolute atomic E-state index is 0.149. The van der Waals surface area contributed by atoms with E-state index in [1.54, 1.807) is 7.11 Å². The molecule has 4 heteroatoms. The largest absolute Gasteiger partial charge is 0.374 e. The van der Waals surface area contributed by atoms with Crippen LogP contribution in [0.4, 0.5) is 0 Å². The van der Waals surface area contributed by atoms with Gasteiger partial charge in [-0.3, -0.25) is 0 Å². The Morgan fingerprint density at radius 2 is 2.05 bits per heavy atom. The molecule has 1 unspecified atom stereocenters. The zero-order valence-corrected chi connectivity index (χ0v) is 13.8. The zero-order valence-electron chi connectivity index (χ0n) is 13.0. The Hall–Kier alpha value is -0.450. The second-order valence-electron chi connectivity index (χ2n) is 5.33. The van der Waals surface area contributed by atoms with E-state index in [9.17, 15) is 0 Å². The van der Waals surface area contributed by atoms with Gasteiger partial charge in [-0.1, -0.05) is 27.7 Å². The summed E-state index contributed by atoms with van der Waals surface area (Å²) in [7, 11) is 1.77. The Morgan fingerprint density at radius 1 is 1.32 bits per heavy atom. The maximum Gasteiger partial charge on any atom is 0.122 e. The molecule has 0 aromatic carbocycles. The second kappa shape index (κ2) is 8.67. The van der Waals surface area contributed by atoms with Gasteiger partial charge in [0, 0.05) is 18.5 Å². The molecule has 0 aliphatic rings. The van der Waals surface area contributed by atoms with Crippen LogP contribution in [0.25, 0.3) is 0 Å². The molecule has 0 aliphatic heterocycles. The molecule has 1 rings (SSSR count). The third-order valence-electron chi connectivity index (χ3n) is 3.04. The molecule has 1 aromatic rings. The summed E-state index contributed by atoms with van der Waals surface area (Å²) in [6.07, 6.45) is 3.35. The lowest BCUT2D eigenvalue weighted by Gasteiger charge is -2.08. The number of methoxy groups -OCH3 is 1. The molecule has 0 aliphatic carbocycles. The Balaban J connectivity index is 2.84. The fraction of sp³-hybridized carbons (Fsp3) is 0.800. The van der Waals surface area contributed by atoms with Crippen LogP contribution < -0.4 is 5.32 Å². The van der Waals surface area contributed by atoms with Crippen molar-refractivity contribution in [1.82, 2.24) is 10.3 Å². The number of nitrogens with zero attached hydrogens (tertiary/aromatic N) is 1. The monoisotopic (exact) mass is 284 g/mol. The molecule has 0 bridgehead atoms. The zero-order chi connectivity index (χ0) is 14.3. The Labute approximate surface area is 121 Å². The lowest BCUT2D eigenvalue weighted by Crippen LogP contribution is -2.14. The first-order valence-electron chi connectivity index (χ1n) is 7.34. The van der Waals surface area contributed by atoms with Gasteiger partial charge in [0.25, 0.3) is 0 Å². The molecule has 110 valence electrons. The van der Waals surface area contributed by atoms with Crippen molar-refractivity contribution in [3.05, 3.63) is 15.6 Å². The number of ether oxygens (including phenoxy) is 1. The van der Waals surface area contributed by atoms with E-state index in [0.29, 0.717) is 5.92 Å². The van der Waals surface area contributed by atoms with E-state index in [4.69, 9.17) is 9.72 Å². The standard InChI is InChI=1S/C15H28N2OS/c1-6-8-16-10-14-12(9-11(3)4)17-15(19-14)13(7-2)18-5/h11,13,16H,6-10H2,1-5H3. The van der Waals surface area contributed by atoms with Crippen LogP contribution in [-0.2, 0) is 17.7 Å². The van der Waals surface area contributed by atoms with Crippen LogP contribution in [0.1, 0.15) is 62.2 Å². The van der Waals surface area contributed by atoms with Gasteiger partial charge in [-0.15, -0.1) is 11.3 Å². The van der Waals surface area contributed by atoms with Gasteiger partial charge in [0.1, 0.15) is 11.1 Å². The van der Waals surface area contributed by atoms with Crippen molar-refractivity contribution in [3.8, 4) is 0 Å². The van der Waals surface area contributed by atoms with Gasteiger partial charge in [0.15, 0.2) is 0 Å². The maximum atomic E-state index is 5.51. The average molecular weight is 284 g/mol. The highest BCUT2D eigenvalue weighted by Gasteiger charge is 2.17. The van der Waals surface area contributed by atoms with Crippen LogP contribution in [-0.4, -0.2) is 18.6 Å². The maximum absolute atomic E-state index is 5.51. The van der Waals surface area contributed by atoms with Crippen LogP contribution in [0.3, 0.4) is 0 Å². The van der Waals surface area contributed by atoms with Crippen molar-refractivity contribution >= 4 is 11.3 Å². The molecule has 1 N–H and O–H groups in total. The fourth-order valence-corrected chi connectivity index (χ4v) is 3.27. The minimum atomic E-state index is 0.149. The molecule has 0 radical (unpaired) electrons. The summed E-state index contributed by atoms with van der Waals surface area (Å²) in [6, 6.07) is 0. The first kappa shape index (κ1) is 16.6. The summed E-state index contributed by atoms with van der Waals surface area (Å²) in [4.78, 5) is 6.21. The normalized spacial score (nSPS) is 13.2. The molecule has 0 spiro atoms. The molecule has 0 saturated heterocycles. The van der Waals surface area contributed by atoms with Gasteiger partial charge in [-0.2, -0.15) is 0 Å². The summed E-state index contributed by atoms with van der Waals surface area (Å²) in [6.45, 7) is 10.8. The number of hydrogen-bond donors (Lipinski definition) is 1. The van der Waals surface area contributed by atoms with Crippen molar-refractivity contribution in [2.75, 3.05) is 13.7 Å². The van der Waals surface area contributed by atoms with Crippen molar-refractivity contribution in [2.24, 2.45) is 5.92 Å². The van der Waals surface area contributed by atoms with Crippen molar-refractivity contribution < 1.29 is 4.74 Å². The highest BCUT2D eigenvalue weighted by atomic mass is 32.1. The number of thiazole rings is 1. The van der Waals surface area contributed by atoms with Gasteiger partial charge >= 0.3 is 0 Å². The van der Waals surface area contributed by atoms with Crippen molar-refractivity contribution in [1.29, 1.82) is 0 Å². The summed E-state index contributed by atoms with van der Waals surface area (Å²) >= 11 is 1.81. The molecular weight excluding hydrogens is 256 g/mol. The molecule has 1 atom stereocenters. The lowest BCUT2D eigenvalue weighted by atomic mass is 10.1. The first-order valence-corrected chi connectivity index (χ1v) is 8.15. The third-order valence-corrected chi connectivity index (χ3v) is 4.23. The van der Waals surface area contributed by atoms with E-state index in [1.807, 2.05) is 11.3 Å². The summed E-state index contributed by atoms with van der Waals surface area (Å²) in [5.74, 6) is 0.641. The molecule has 0 fully saturated rings. The highest BCUT2D eigenvalue weighted by molar-refractivity contribution is 7.11. The second-order valence-corrected chi connectivity index (χ2v) is 6.44.